The molecule has 3 heteroatoms. The van der Waals surface area contributed by atoms with Gasteiger partial charge in [0.15, 0.2) is 0 Å². The molecule has 0 spiro atoms. The Morgan fingerprint density at radius 3 is 2.12 bits per heavy atom. The molecule has 0 saturated carbocycles. The molecule has 0 saturated heterocycles. The van der Waals surface area contributed by atoms with Gasteiger partial charge in [0, 0.05) is 0 Å². The minimum atomic E-state index is -1.38. The Kier molecular flexibility index (Phi) is 2.97. The summed E-state index contributed by atoms with van der Waals surface area (Å²) in [5, 5.41) is 27.2. The second-order valence-corrected chi connectivity index (χ2v) is 1.88. The summed E-state index contributed by atoms with van der Waals surface area (Å²) >= 11 is 0. The van der Waals surface area contributed by atoms with E-state index in [9.17, 15) is 5.11 Å². The molecule has 0 aromatic heterocycles. The summed E-state index contributed by atoms with van der Waals surface area (Å²) in [5.41, 5.74) is -1.38. The quantitative estimate of drug-likeness (QED) is 0.528. The highest BCUT2D eigenvalue weighted by molar-refractivity contribution is 4.72. The number of aliphatic hydroxyl groups excluding tert-OH is 1. The summed E-state index contributed by atoms with van der Waals surface area (Å²) in [7, 11) is 0. The third kappa shape index (κ3) is 1.78. The van der Waals surface area contributed by atoms with E-state index in [2.05, 4.69) is 0 Å². The van der Waals surface area contributed by atoms with Crippen LogP contribution < -0.4 is 0 Å². The first-order chi connectivity index (χ1) is 3.68. The Hall–Kier alpha value is -0.120. The van der Waals surface area contributed by atoms with E-state index >= 15 is 0 Å². The van der Waals surface area contributed by atoms with Gasteiger partial charge in [0.1, 0.15) is 12.2 Å². The SMILES string of the molecule is CCC(O)(C[O])CO. The van der Waals surface area contributed by atoms with Crippen LogP contribution in [0.15, 0.2) is 0 Å². The number of aliphatic hydroxyl groups is 2. The van der Waals surface area contributed by atoms with Crippen molar-refractivity contribution in [2.45, 2.75) is 18.9 Å². The van der Waals surface area contributed by atoms with E-state index in [4.69, 9.17) is 10.2 Å². The van der Waals surface area contributed by atoms with Gasteiger partial charge >= 0.3 is 0 Å². The maximum absolute atomic E-state index is 10.0. The molecule has 2 N–H and O–H groups in total. The summed E-state index contributed by atoms with van der Waals surface area (Å²) in [6.45, 7) is 0.598. The van der Waals surface area contributed by atoms with E-state index in [1.54, 1.807) is 6.92 Å². The van der Waals surface area contributed by atoms with E-state index in [-0.39, 0.29) is 0 Å². The third-order valence-corrected chi connectivity index (χ3v) is 1.22. The lowest BCUT2D eigenvalue weighted by atomic mass is 10.0. The predicted molar refractivity (Wildman–Crippen MR) is 27.9 cm³/mol. The fourth-order valence-corrected chi connectivity index (χ4v) is 0.260. The molecule has 1 atom stereocenters. The van der Waals surface area contributed by atoms with Gasteiger partial charge in [-0.25, -0.2) is 5.11 Å². The van der Waals surface area contributed by atoms with Crippen LogP contribution in [0.5, 0.6) is 0 Å². The minimum absolute atomic E-state index is 0.312. The second-order valence-electron chi connectivity index (χ2n) is 1.88. The fraction of sp³-hybridized carbons (Fsp3) is 1.00. The van der Waals surface area contributed by atoms with Crippen molar-refractivity contribution in [2.75, 3.05) is 13.2 Å². The first-order valence-corrected chi connectivity index (χ1v) is 2.60. The number of rotatable bonds is 3. The van der Waals surface area contributed by atoms with Crippen LogP contribution >= 0.6 is 0 Å². The Balaban J connectivity index is 3.58. The Morgan fingerprint density at radius 2 is 2.12 bits per heavy atom. The van der Waals surface area contributed by atoms with Crippen molar-refractivity contribution in [3.8, 4) is 0 Å². The smallest absolute Gasteiger partial charge is 0.114 e. The predicted octanol–water partition coefficient (Wildman–Crippen LogP) is -0.450. The lowest BCUT2D eigenvalue weighted by Crippen LogP contribution is -2.35. The lowest BCUT2D eigenvalue weighted by Gasteiger charge is -2.18. The molecule has 49 valence electrons. The average Bonchev–Trinajstić information content (AvgIpc) is 1.87. The molecule has 0 aromatic carbocycles. The van der Waals surface area contributed by atoms with E-state index in [1.807, 2.05) is 0 Å². The van der Waals surface area contributed by atoms with Crippen LogP contribution in [-0.2, 0) is 5.11 Å². The third-order valence-electron chi connectivity index (χ3n) is 1.22. The molecule has 0 aliphatic heterocycles. The topological polar surface area (TPSA) is 60.4 Å². The average molecular weight is 119 g/mol. The summed E-state index contributed by atoms with van der Waals surface area (Å²) in [6, 6.07) is 0. The van der Waals surface area contributed by atoms with Crippen molar-refractivity contribution in [2.24, 2.45) is 0 Å². The highest BCUT2D eigenvalue weighted by Crippen LogP contribution is 2.05. The maximum atomic E-state index is 10.0. The molecule has 0 aliphatic carbocycles. The van der Waals surface area contributed by atoms with Crippen LogP contribution in [0.4, 0.5) is 0 Å². The van der Waals surface area contributed by atoms with Crippen LogP contribution in [-0.4, -0.2) is 29.0 Å². The Morgan fingerprint density at radius 1 is 1.62 bits per heavy atom. The zero-order chi connectivity index (χ0) is 6.62. The van der Waals surface area contributed by atoms with Gasteiger partial charge < -0.3 is 10.2 Å². The molecule has 0 heterocycles. The molecular weight excluding hydrogens is 108 g/mol. The normalized spacial score (nSPS) is 12.0. The Labute approximate surface area is 48.6 Å². The first kappa shape index (κ1) is 7.88. The van der Waals surface area contributed by atoms with Gasteiger partial charge in [-0.05, 0) is 6.42 Å². The van der Waals surface area contributed by atoms with Crippen molar-refractivity contribution in [1.82, 2.24) is 0 Å². The van der Waals surface area contributed by atoms with E-state index in [0.29, 0.717) is 6.42 Å². The molecule has 3 nitrogen and oxygen atoms in total. The van der Waals surface area contributed by atoms with Gasteiger partial charge in [0.2, 0.25) is 0 Å². The van der Waals surface area contributed by atoms with Crippen LogP contribution in [0, 0.1) is 0 Å². The van der Waals surface area contributed by atoms with Crippen molar-refractivity contribution >= 4 is 0 Å². The molecule has 1 unspecified atom stereocenters. The molecule has 0 amide bonds. The first-order valence-electron chi connectivity index (χ1n) is 2.60. The van der Waals surface area contributed by atoms with Gasteiger partial charge in [-0.2, -0.15) is 0 Å². The zero-order valence-electron chi connectivity index (χ0n) is 4.92. The second kappa shape index (κ2) is 3.02. The largest absolute Gasteiger partial charge is 0.393 e. The van der Waals surface area contributed by atoms with Crippen molar-refractivity contribution in [3.05, 3.63) is 0 Å². The molecule has 1 radical (unpaired) electrons. The zero-order valence-corrected chi connectivity index (χ0v) is 4.92. The molecule has 0 rings (SSSR count). The molecule has 8 heavy (non-hydrogen) atoms. The number of hydrogen-bond acceptors (Lipinski definition) is 2. The van der Waals surface area contributed by atoms with Gasteiger partial charge in [0.05, 0.1) is 6.61 Å². The summed E-state index contributed by atoms with van der Waals surface area (Å²) < 4.78 is 0. The summed E-state index contributed by atoms with van der Waals surface area (Å²) in [5.74, 6) is 0. The van der Waals surface area contributed by atoms with Gasteiger partial charge in [-0.1, -0.05) is 6.92 Å². The molecular formula is C5H11O3. The summed E-state index contributed by atoms with van der Waals surface area (Å²) in [4.78, 5) is 0. The van der Waals surface area contributed by atoms with Gasteiger partial charge in [-0.15, -0.1) is 0 Å². The van der Waals surface area contributed by atoms with Gasteiger partial charge in [0.25, 0.3) is 0 Å². The molecule has 0 bridgehead atoms. The fourth-order valence-electron chi connectivity index (χ4n) is 0.260. The highest BCUT2D eigenvalue weighted by Gasteiger charge is 2.22. The molecule has 0 aliphatic rings. The van der Waals surface area contributed by atoms with Gasteiger partial charge in [-0.3, -0.25) is 0 Å². The van der Waals surface area contributed by atoms with E-state index in [0.717, 1.165) is 0 Å². The van der Waals surface area contributed by atoms with Crippen LogP contribution in [0.1, 0.15) is 13.3 Å². The monoisotopic (exact) mass is 119 g/mol. The number of hydrogen-bond donors (Lipinski definition) is 2. The Bertz CT molecular complexity index is 50.4. The van der Waals surface area contributed by atoms with Crippen molar-refractivity contribution in [1.29, 1.82) is 0 Å². The molecule has 0 aromatic rings. The lowest BCUT2D eigenvalue weighted by molar-refractivity contribution is -0.0757. The standard InChI is InChI=1S/C5H11O3/c1-2-5(8,3-6)4-7/h6,8H,2-4H2,1H3. The van der Waals surface area contributed by atoms with Crippen LogP contribution in [0.3, 0.4) is 0 Å². The summed E-state index contributed by atoms with van der Waals surface area (Å²) in [6.07, 6.45) is 0.312. The maximum Gasteiger partial charge on any atom is 0.114 e. The van der Waals surface area contributed by atoms with E-state index in [1.165, 1.54) is 0 Å². The highest BCUT2D eigenvalue weighted by atomic mass is 16.4. The van der Waals surface area contributed by atoms with Crippen molar-refractivity contribution in [3.63, 3.8) is 0 Å². The molecule has 0 fully saturated rings. The van der Waals surface area contributed by atoms with Crippen molar-refractivity contribution < 1.29 is 15.3 Å². The minimum Gasteiger partial charge on any atom is -0.393 e. The van der Waals surface area contributed by atoms with Crippen LogP contribution in [0.2, 0.25) is 0 Å². The van der Waals surface area contributed by atoms with Crippen LogP contribution in [0.25, 0.3) is 0 Å². The van der Waals surface area contributed by atoms with E-state index < -0.39 is 18.8 Å².